The van der Waals surface area contributed by atoms with Gasteiger partial charge in [-0.05, 0) is 12.8 Å². The van der Waals surface area contributed by atoms with Gasteiger partial charge >= 0.3 is 0 Å². The van der Waals surface area contributed by atoms with E-state index in [0.717, 1.165) is 12.8 Å². The van der Waals surface area contributed by atoms with Gasteiger partial charge in [-0.15, -0.1) is 0 Å². The SMILES string of the molecule is CCCCCCCCCC(O)OC. The summed E-state index contributed by atoms with van der Waals surface area (Å²) in [5.41, 5.74) is 0. The van der Waals surface area contributed by atoms with E-state index in [1.54, 1.807) is 7.11 Å². The molecule has 0 saturated carbocycles. The summed E-state index contributed by atoms with van der Waals surface area (Å²) in [4.78, 5) is 0. The van der Waals surface area contributed by atoms with Gasteiger partial charge in [-0.25, -0.2) is 0 Å². The lowest BCUT2D eigenvalue weighted by molar-refractivity contribution is -0.0793. The largest absolute Gasteiger partial charge is 0.368 e. The Morgan fingerprint density at radius 2 is 1.54 bits per heavy atom. The Kier molecular flexibility index (Phi) is 9.94. The second-order valence-corrected chi connectivity index (χ2v) is 3.60. The molecule has 2 nitrogen and oxygen atoms in total. The third-order valence-electron chi connectivity index (χ3n) is 2.33. The Morgan fingerprint density at radius 3 is 2.08 bits per heavy atom. The number of unbranched alkanes of at least 4 members (excludes halogenated alkanes) is 6. The van der Waals surface area contributed by atoms with Crippen LogP contribution in [0.3, 0.4) is 0 Å². The summed E-state index contributed by atoms with van der Waals surface area (Å²) in [6.07, 6.45) is 9.23. The number of rotatable bonds is 9. The van der Waals surface area contributed by atoms with Crippen LogP contribution in [0.5, 0.6) is 0 Å². The minimum Gasteiger partial charge on any atom is -0.368 e. The quantitative estimate of drug-likeness (QED) is 0.445. The summed E-state index contributed by atoms with van der Waals surface area (Å²) in [6, 6.07) is 0. The predicted octanol–water partition coefficient (Wildman–Crippen LogP) is 3.09. The average Bonchev–Trinajstić information content (AvgIpc) is 2.16. The molecule has 0 heterocycles. The van der Waals surface area contributed by atoms with Crippen LogP contribution in [-0.2, 0) is 4.74 Å². The highest BCUT2D eigenvalue weighted by molar-refractivity contribution is 4.47. The first-order valence-corrected chi connectivity index (χ1v) is 5.52. The van der Waals surface area contributed by atoms with Gasteiger partial charge in [-0.1, -0.05) is 45.4 Å². The monoisotopic (exact) mass is 188 g/mol. The smallest absolute Gasteiger partial charge is 0.154 e. The van der Waals surface area contributed by atoms with Crippen molar-refractivity contribution in [3.8, 4) is 0 Å². The molecule has 0 aliphatic carbocycles. The highest BCUT2D eigenvalue weighted by atomic mass is 16.6. The van der Waals surface area contributed by atoms with Crippen LogP contribution in [0.4, 0.5) is 0 Å². The van der Waals surface area contributed by atoms with Crippen molar-refractivity contribution < 1.29 is 9.84 Å². The molecule has 2 heteroatoms. The first-order valence-electron chi connectivity index (χ1n) is 5.52. The molecule has 0 rings (SSSR count). The number of methoxy groups -OCH3 is 1. The Balaban J connectivity index is 2.91. The number of hydrogen-bond donors (Lipinski definition) is 1. The van der Waals surface area contributed by atoms with Crippen LogP contribution < -0.4 is 0 Å². The number of aliphatic hydroxyl groups is 1. The average molecular weight is 188 g/mol. The van der Waals surface area contributed by atoms with E-state index in [1.165, 1.54) is 38.5 Å². The first kappa shape index (κ1) is 12.9. The van der Waals surface area contributed by atoms with E-state index >= 15 is 0 Å². The zero-order valence-corrected chi connectivity index (χ0v) is 9.09. The number of hydrogen-bond acceptors (Lipinski definition) is 2. The number of aliphatic hydroxyl groups excluding tert-OH is 1. The molecule has 0 fully saturated rings. The van der Waals surface area contributed by atoms with Gasteiger partial charge in [0.2, 0.25) is 0 Å². The van der Waals surface area contributed by atoms with Gasteiger partial charge in [0, 0.05) is 7.11 Å². The zero-order chi connectivity index (χ0) is 9.94. The van der Waals surface area contributed by atoms with Gasteiger partial charge < -0.3 is 9.84 Å². The number of ether oxygens (including phenoxy) is 1. The lowest BCUT2D eigenvalue weighted by Gasteiger charge is -2.07. The van der Waals surface area contributed by atoms with Gasteiger partial charge in [0.05, 0.1) is 0 Å². The molecule has 1 unspecified atom stereocenters. The molecule has 0 aromatic heterocycles. The molecular formula is C11H24O2. The Bertz CT molecular complexity index is 94.1. The van der Waals surface area contributed by atoms with Crippen LogP contribution in [0, 0.1) is 0 Å². The highest BCUT2D eigenvalue weighted by Crippen LogP contribution is 2.09. The van der Waals surface area contributed by atoms with E-state index in [0.29, 0.717) is 0 Å². The second kappa shape index (κ2) is 10.0. The molecule has 0 amide bonds. The molecule has 0 aliphatic rings. The molecule has 0 aromatic carbocycles. The van der Waals surface area contributed by atoms with E-state index < -0.39 is 6.29 Å². The summed E-state index contributed by atoms with van der Waals surface area (Å²) in [6.45, 7) is 2.23. The summed E-state index contributed by atoms with van der Waals surface area (Å²) in [5.74, 6) is 0. The van der Waals surface area contributed by atoms with Crippen molar-refractivity contribution in [2.45, 2.75) is 64.6 Å². The minimum absolute atomic E-state index is 0.546. The molecule has 1 N–H and O–H groups in total. The summed E-state index contributed by atoms with van der Waals surface area (Å²) in [5, 5.41) is 9.08. The maximum atomic E-state index is 9.08. The van der Waals surface area contributed by atoms with Crippen LogP contribution >= 0.6 is 0 Å². The van der Waals surface area contributed by atoms with Crippen molar-refractivity contribution in [2.75, 3.05) is 7.11 Å². The van der Waals surface area contributed by atoms with Crippen molar-refractivity contribution in [3.05, 3.63) is 0 Å². The molecule has 13 heavy (non-hydrogen) atoms. The summed E-state index contributed by atoms with van der Waals surface area (Å²) in [7, 11) is 1.55. The summed E-state index contributed by atoms with van der Waals surface area (Å²) < 4.78 is 4.75. The molecule has 0 saturated heterocycles. The van der Waals surface area contributed by atoms with Gasteiger partial charge in [0.25, 0.3) is 0 Å². The van der Waals surface area contributed by atoms with Gasteiger partial charge in [-0.2, -0.15) is 0 Å². The first-order chi connectivity index (χ1) is 6.31. The fourth-order valence-corrected chi connectivity index (χ4v) is 1.39. The molecule has 80 valence electrons. The van der Waals surface area contributed by atoms with E-state index in [1.807, 2.05) is 0 Å². The minimum atomic E-state index is -0.546. The summed E-state index contributed by atoms with van der Waals surface area (Å²) >= 11 is 0. The van der Waals surface area contributed by atoms with Crippen molar-refractivity contribution in [3.63, 3.8) is 0 Å². The zero-order valence-electron chi connectivity index (χ0n) is 9.09. The Hall–Kier alpha value is -0.0800. The van der Waals surface area contributed by atoms with Crippen molar-refractivity contribution in [1.29, 1.82) is 0 Å². The van der Waals surface area contributed by atoms with Crippen LogP contribution in [-0.4, -0.2) is 18.5 Å². The van der Waals surface area contributed by atoms with E-state index in [9.17, 15) is 0 Å². The maximum Gasteiger partial charge on any atom is 0.154 e. The van der Waals surface area contributed by atoms with Gasteiger partial charge in [0.15, 0.2) is 6.29 Å². The van der Waals surface area contributed by atoms with Crippen LogP contribution in [0.15, 0.2) is 0 Å². The molecule has 0 radical (unpaired) electrons. The molecule has 1 atom stereocenters. The third-order valence-corrected chi connectivity index (χ3v) is 2.33. The fraction of sp³-hybridized carbons (Fsp3) is 1.00. The van der Waals surface area contributed by atoms with E-state index in [4.69, 9.17) is 9.84 Å². The molecule has 0 spiro atoms. The molecule has 0 aromatic rings. The lowest BCUT2D eigenvalue weighted by atomic mass is 10.1. The molecular weight excluding hydrogens is 164 g/mol. The van der Waals surface area contributed by atoms with Crippen LogP contribution in [0.2, 0.25) is 0 Å². The van der Waals surface area contributed by atoms with Gasteiger partial charge in [-0.3, -0.25) is 0 Å². The Labute approximate surface area is 82.3 Å². The second-order valence-electron chi connectivity index (χ2n) is 3.60. The molecule has 0 aliphatic heterocycles. The Morgan fingerprint density at radius 1 is 1.00 bits per heavy atom. The molecule has 0 bridgehead atoms. The third kappa shape index (κ3) is 9.84. The van der Waals surface area contributed by atoms with Crippen LogP contribution in [0.25, 0.3) is 0 Å². The van der Waals surface area contributed by atoms with Crippen LogP contribution in [0.1, 0.15) is 58.3 Å². The topological polar surface area (TPSA) is 29.5 Å². The lowest BCUT2D eigenvalue weighted by Crippen LogP contribution is -2.07. The maximum absolute atomic E-state index is 9.08. The van der Waals surface area contributed by atoms with Crippen molar-refractivity contribution in [1.82, 2.24) is 0 Å². The van der Waals surface area contributed by atoms with Gasteiger partial charge in [0.1, 0.15) is 0 Å². The van der Waals surface area contributed by atoms with E-state index in [2.05, 4.69) is 6.92 Å². The van der Waals surface area contributed by atoms with Crippen molar-refractivity contribution >= 4 is 0 Å². The highest BCUT2D eigenvalue weighted by Gasteiger charge is 1.99. The fourth-order valence-electron chi connectivity index (χ4n) is 1.39. The van der Waals surface area contributed by atoms with E-state index in [-0.39, 0.29) is 0 Å². The standard InChI is InChI=1S/C11H24O2/c1-3-4-5-6-7-8-9-10-11(12)13-2/h11-12H,3-10H2,1-2H3. The normalized spacial score (nSPS) is 13.2. The predicted molar refractivity (Wildman–Crippen MR) is 55.6 cm³/mol. The van der Waals surface area contributed by atoms with Crippen molar-refractivity contribution in [2.24, 2.45) is 0 Å².